The van der Waals surface area contributed by atoms with E-state index in [1.165, 1.54) is 57.8 Å². The van der Waals surface area contributed by atoms with Crippen molar-refractivity contribution in [3.05, 3.63) is 11.0 Å². The highest BCUT2D eigenvalue weighted by Crippen LogP contribution is 2.11. The van der Waals surface area contributed by atoms with E-state index in [-0.39, 0.29) is 5.57 Å². The average molecular weight is 376 g/mol. The van der Waals surface area contributed by atoms with E-state index in [0.29, 0.717) is 24.8 Å². The highest BCUT2D eigenvalue weighted by atomic mass is 32.2. The zero-order chi connectivity index (χ0) is 19.0. The lowest BCUT2D eigenvalue weighted by Crippen LogP contribution is -2.26. The first-order chi connectivity index (χ1) is 11.9. The third-order valence-corrected chi connectivity index (χ3v) is 4.75. The number of unbranched alkanes of at least 4 members (excludes halogenated alkanes) is 10. The molecule has 0 aliphatic carbocycles. The maximum atomic E-state index is 11.9. The third kappa shape index (κ3) is 16.3. The maximum absolute atomic E-state index is 11.9. The molecule has 0 saturated carbocycles. The van der Waals surface area contributed by atoms with Crippen molar-refractivity contribution in [3.8, 4) is 0 Å². The van der Waals surface area contributed by atoms with E-state index in [4.69, 9.17) is 4.55 Å². The second kappa shape index (κ2) is 15.4. The molecule has 0 saturated heterocycles. The Hall–Kier alpha value is -0.880. The molecular formula is C19H37NO4S. The Morgan fingerprint density at radius 2 is 1.32 bits per heavy atom. The Balaban J connectivity index is 3.70. The second-order valence-corrected chi connectivity index (χ2v) is 7.97. The summed E-state index contributed by atoms with van der Waals surface area (Å²) < 4.78 is 30.6. The summed E-state index contributed by atoms with van der Waals surface area (Å²) in [5.41, 5.74) is 0.119. The van der Waals surface area contributed by atoms with E-state index >= 15 is 0 Å². The molecule has 25 heavy (non-hydrogen) atoms. The molecule has 0 spiro atoms. The van der Waals surface area contributed by atoms with Crippen LogP contribution < -0.4 is 5.32 Å². The van der Waals surface area contributed by atoms with Crippen LogP contribution in [0.25, 0.3) is 0 Å². The predicted octanol–water partition coefficient (Wildman–Crippen LogP) is 4.99. The number of hydrogen-bond acceptors (Lipinski definition) is 3. The van der Waals surface area contributed by atoms with Crippen molar-refractivity contribution in [2.24, 2.45) is 0 Å². The lowest BCUT2D eigenvalue weighted by molar-refractivity contribution is -0.117. The summed E-state index contributed by atoms with van der Waals surface area (Å²) in [6.45, 7) is 4.63. The molecule has 0 aliphatic rings. The quantitative estimate of drug-likeness (QED) is 0.226. The van der Waals surface area contributed by atoms with Gasteiger partial charge >= 0.3 is 0 Å². The summed E-state index contributed by atoms with van der Waals surface area (Å²) in [5, 5.41) is 3.40. The van der Waals surface area contributed by atoms with Crippen LogP contribution in [0.15, 0.2) is 11.0 Å². The summed E-state index contributed by atoms with van der Waals surface area (Å²) in [6.07, 6.45) is 14.7. The SMILES string of the molecule is CCCCCCCCCCCCCNC(=O)C(=CS(=O)(=O)O)CCC. The normalized spacial score (nSPS) is 12.4. The fourth-order valence-electron chi connectivity index (χ4n) is 2.78. The van der Waals surface area contributed by atoms with Crippen LogP contribution in [0, 0.1) is 0 Å². The topological polar surface area (TPSA) is 83.5 Å². The lowest BCUT2D eigenvalue weighted by Gasteiger charge is -2.08. The van der Waals surface area contributed by atoms with Crippen LogP contribution in [0.1, 0.15) is 97.3 Å². The molecule has 1 amide bonds. The van der Waals surface area contributed by atoms with Gasteiger partial charge in [-0.3, -0.25) is 9.35 Å². The van der Waals surface area contributed by atoms with Crippen LogP contribution in [0.2, 0.25) is 0 Å². The molecule has 2 N–H and O–H groups in total. The molecule has 5 nitrogen and oxygen atoms in total. The molecule has 0 aromatic heterocycles. The van der Waals surface area contributed by atoms with E-state index in [1.807, 2.05) is 6.92 Å². The molecular weight excluding hydrogens is 338 g/mol. The minimum atomic E-state index is -4.27. The number of hydrogen-bond donors (Lipinski definition) is 2. The van der Waals surface area contributed by atoms with Crippen LogP contribution in [-0.4, -0.2) is 25.4 Å². The van der Waals surface area contributed by atoms with Crippen LogP contribution in [0.5, 0.6) is 0 Å². The zero-order valence-electron chi connectivity index (χ0n) is 16.1. The molecule has 0 atom stereocenters. The first kappa shape index (κ1) is 24.1. The zero-order valence-corrected chi connectivity index (χ0v) is 16.9. The number of carbonyl (C=O) groups excluding carboxylic acids is 1. The molecule has 0 aliphatic heterocycles. The van der Waals surface area contributed by atoms with Gasteiger partial charge in [0.05, 0.1) is 5.41 Å². The minimum absolute atomic E-state index is 0.119. The van der Waals surface area contributed by atoms with E-state index in [1.54, 1.807) is 0 Å². The van der Waals surface area contributed by atoms with Gasteiger partial charge in [0.2, 0.25) is 5.91 Å². The molecule has 0 aromatic carbocycles. The van der Waals surface area contributed by atoms with Gasteiger partial charge in [-0.1, -0.05) is 84.5 Å². The second-order valence-electron chi connectivity index (χ2n) is 6.70. The van der Waals surface area contributed by atoms with Crippen LogP contribution in [0.3, 0.4) is 0 Å². The third-order valence-electron chi connectivity index (χ3n) is 4.17. The summed E-state index contributed by atoms with van der Waals surface area (Å²) >= 11 is 0. The predicted molar refractivity (Wildman–Crippen MR) is 104 cm³/mol. The Kier molecular flexibility index (Phi) is 14.8. The molecule has 6 heteroatoms. The summed E-state index contributed by atoms with van der Waals surface area (Å²) in [7, 11) is -4.27. The number of carbonyl (C=O) groups is 1. The van der Waals surface area contributed by atoms with Gasteiger partial charge < -0.3 is 5.32 Å². The summed E-state index contributed by atoms with van der Waals surface area (Å²) in [5.74, 6) is -0.397. The number of nitrogens with one attached hydrogen (secondary N) is 1. The van der Waals surface area contributed by atoms with Crippen LogP contribution in [-0.2, 0) is 14.9 Å². The first-order valence-corrected chi connectivity index (χ1v) is 11.4. The molecule has 0 unspecified atom stereocenters. The number of rotatable bonds is 16. The maximum Gasteiger partial charge on any atom is 0.288 e. The van der Waals surface area contributed by atoms with Gasteiger partial charge in [0.1, 0.15) is 0 Å². The fourth-order valence-corrected chi connectivity index (χ4v) is 3.36. The molecule has 148 valence electrons. The minimum Gasteiger partial charge on any atom is -0.352 e. The molecule has 0 fully saturated rings. The molecule has 0 heterocycles. The Morgan fingerprint density at radius 3 is 1.76 bits per heavy atom. The van der Waals surface area contributed by atoms with Gasteiger partial charge in [0.15, 0.2) is 0 Å². The van der Waals surface area contributed by atoms with E-state index in [9.17, 15) is 13.2 Å². The van der Waals surface area contributed by atoms with Gasteiger partial charge in [0.25, 0.3) is 10.1 Å². The Bertz CT molecular complexity index is 472. The van der Waals surface area contributed by atoms with Crippen LogP contribution in [0.4, 0.5) is 0 Å². The first-order valence-electron chi connectivity index (χ1n) is 9.87. The van der Waals surface area contributed by atoms with Gasteiger partial charge in [-0.25, -0.2) is 0 Å². The Labute approximate surface area is 154 Å². The van der Waals surface area contributed by atoms with Crippen molar-refractivity contribution in [2.45, 2.75) is 97.3 Å². The number of amides is 1. The molecule has 0 bridgehead atoms. The molecule has 0 radical (unpaired) electrons. The highest BCUT2D eigenvalue weighted by molar-refractivity contribution is 7.88. The Morgan fingerprint density at radius 1 is 0.840 bits per heavy atom. The highest BCUT2D eigenvalue weighted by Gasteiger charge is 2.12. The smallest absolute Gasteiger partial charge is 0.288 e. The van der Waals surface area contributed by atoms with Gasteiger partial charge in [-0.15, -0.1) is 0 Å². The largest absolute Gasteiger partial charge is 0.352 e. The summed E-state index contributed by atoms with van der Waals surface area (Å²) in [6, 6.07) is 0. The monoisotopic (exact) mass is 375 g/mol. The van der Waals surface area contributed by atoms with E-state index in [0.717, 1.165) is 12.8 Å². The van der Waals surface area contributed by atoms with Gasteiger partial charge in [0, 0.05) is 12.1 Å². The van der Waals surface area contributed by atoms with Crippen molar-refractivity contribution in [1.29, 1.82) is 0 Å². The van der Waals surface area contributed by atoms with Crippen molar-refractivity contribution >= 4 is 16.0 Å². The molecule has 0 rings (SSSR count). The summed E-state index contributed by atoms with van der Waals surface area (Å²) in [4.78, 5) is 11.9. The van der Waals surface area contributed by atoms with Crippen LogP contribution >= 0.6 is 0 Å². The average Bonchev–Trinajstić information content (AvgIpc) is 2.54. The fraction of sp³-hybridized carbons (Fsp3) is 0.842. The van der Waals surface area contributed by atoms with Crippen molar-refractivity contribution in [2.75, 3.05) is 6.54 Å². The van der Waals surface area contributed by atoms with Gasteiger partial charge in [-0.2, -0.15) is 8.42 Å². The van der Waals surface area contributed by atoms with Crippen molar-refractivity contribution < 1.29 is 17.8 Å². The van der Waals surface area contributed by atoms with Crippen molar-refractivity contribution in [1.82, 2.24) is 5.32 Å². The van der Waals surface area contributed by atoms with Crippen molar-refractivity contribution in [3.63, 3.8) is 0 Å². The molecule has 0 aromatic rings. The van der Waals surface area contributed by atoms with E-state index in [2.05, 4.69) is 12.2 Å². The lowest BCUT2D eigenvalue weighted by atomic mass is 10.1. The standard InChI is InChI=1S/C19H37NO4S/c1-3-5-6-7-8-9-10-11-12-13-14-16-20-19(21)18(15-4-2)17-25(22,23)24/h17H,3-16H2,1-2H3,(H,20,21)(H,22,23,24). The van der Waals surface area contributed by atoms with Gasteiger partial charge in [-0.05, 0) is 12.8 Å². The van der Waals surface area contributed by atoms with E-state index < -0.39 is 16.0 Å².